The highest BCUT2D eigenvalue weighted by molar-refractivity contribution is 6.45. The van der Waals surface area contributed by atoms with Gasteiger partial charge in [0.15, 0.2) is 34.6 Å². The Bertz CT molecular complexity index is 1540. The van der Waals surface area contributed by atoms with Gasteiger partial charge in [0.1, 0.15) is 26.2 Å². The third-order valence-corrected chi connectivity index (χ3v) is 6.82. The van der Waals surface area contributed by atoms with Crippen molar-refractivity contribution in [2.24, 2.45) is 0 Å². The van der Waals surface area contributed by atoms with Crippen molar-refractivity contribution in [3.05, 3.63) is 71.0 Å². The first-order valence-corrected chi connectivity index (χ1v) is 12.9. The number of fused-ring (bicyclic) bond motifs is 2. The number of urea groups is 1. The maximum Gasteiger partial charge on any atom is 0.329 e. The first-order valence-electron chi connectivity index (χ1n) is 12.9. The van der Waals surface area contributed by atoms with Gasteiger partial charge in [-0.15, -0.1) is 5.98 Å². The predicted octanol–water partition coefficient (Wildman–Crippen LogP) is 5.43. The molecule has 5 rings (SSSR count). The van der Waals surface area contributed by atoms with Crippen LogP contribution in [0, 0.1) is 17.0 Å². The largest absolute Gasteiger partial charge is 0.493 e. The molecule has 0 saturated heterocycles. The molecule has 3 aromatic rings. The van der Waals surface area contributed by atoms with Gasteiger partial charge in [0.05, 0.1) is 38.7 Å². The maximum absolute atomic E-state index is 15.6. The summed E-state index contributed by atoms with van der Waals surface area (Å²) in [6, 6.07) is 7.48. The molecule has 2 aliphatic rings. The molecule has 1 radical (unpaired) electrons. The van der Waals surface area contributed by atoms with Gasteiger partial charge in [0.2, 0.25) is 0 Å². The molecule has 12 heteroatoms. The average molecular weight is 561 g/mol. The van der Waals surface area contributed by atoms with E-state index in [0.29, 0.717) is 58.5 Å². The van der Waals surface area contributed by atoms with Gasteiger partial charge in [0, 0.05) is 29.1 Å². The number of rotatable bonds is 8. The molecule has 1 N–H and O–H groups in total. The Morgan fingerprint density at radius 1 is 1.10 bits per heavy atom. The van der Waals surface area contributed by atoms with Crippen molar-refractivity contribution in [3.8, 4) is 23.0 Å². The molecule has 1 aromatic heterocycles. The number of nitrogens with zero attached hydrogens (tertiary/aromatic N) is 3. The number of allylic oxidation sites excluding steroid dienone is 1. The predicted molar refractivity (Wildman–Crippen MR) is 152 cm³/mol. The fourth-order valence-electron chi connectivity index (χ4n) is 4.86. The second kappa shape index (κ2) is 11.5. The van der Waals surface area contributed by atoms with Crippen LogP contribution in [0.25, 0.3) is 5.57 Å². The molecule has 0 bridgehead atoms. The highest BCUT2D eigenvalue weighted by atomic mass is 19.1. The Morgan fingerprint density at radius 2 is 1.78 bits per heavy atom. The summed E-state index contributed by atoms with van der Waals surface area (Å²) in [6.45, 7) is 4.21. The van der Waals surface area contributed by atoms with Crippen LogP contribution in [0.2, 0.25) is 6.82 Å². The van der Waals surface area contributed by atoms with E-state index < -0.39 is 23.4 Å². The molecule has 0 atom stereocenters. The minimum atomic E-state index is -1.03. The van der Waals surface area contributed by atoms with E-state index in [4.69, 9.17) is 24.4 Å². The fourth-order valence-corrected chi connectivity index (χ4v) is 4.86. The Morgan fingerprint density at radius 3 is 2.41 bits per heavy atom. The van der Waals surface area contributed by atoms with Gasteiger partial charge in [-0.2, -0.15) is 0 Å². The number of nitrogens with one attached hydrogen (secondary N) is 1. The lowest BCUT2D eigenvalue weighted by Crippen LogP contribution is -2.47. The number of hydrogen-bond acceptors (Lipinski definition) is 7. The molecule has 2 amide bonds. The molecule has 0 saturated carbocycles. The molecule has 2 aliphatic heterocycles. The van der Waals surface area contributed by atoms with Crippen molar-refractivity contribution in [2.75, 3.05) is 37.2 Å². The minimum absolute atomic E-state index is 0.0509. The van der Waals surface area contributed by atoms with Crippen LogP contribution in [0.5, 0.6) is 23.0 Å². The lowest BCUT2D eigenvalue weighted by atomic mass is 9.79. The quantitative estimate of drug-likeness (QED) is 0.291. The van der Waals surface area contributed by atoms with Gasteiger partial charge in [-0.05, 0) is 30.7 Å². The molecule has 3 heterocycles. The summed E-state index contributed by atoms with van der Waals surface area (Å²) in [5, 5.41) is 8.21. The number of carbonyl (C=O) groups is 1. The zero-order chi connectivity index (χ0) is 29.3. The Kier molecular flexibility index (Phi) is 7.82. The van der Waals surface area contributed by atoms with Gasteiger partial charge in [-0.3, -0.25) is 14.8 Å². The lowest BCUT2D eigenvalue weighted by molar-refractivity contribution is 0.171. The molecule has 41 heavy (non-hydrogen) atoms. The van der Waals surface area contributed by atoms with E-state index in [2.05, 4.69) is 4.98 Å². The summed E-state index contributed by atoms with van der Waals surface area (Å²) in [6.07, 6.45) is 1.56. The van der Waals surface area contributed by atoms with E-state index in [1.165, 1.54) is 19.1 Å². The Hall–Kier alpha value is -4.61. The van der Waals surface area contributed by atoms with Crippen molar-refractivity contribution in [2.45, 2.75) is 26.8 Å². The van der Waals surface area contributed by atoms with Crippen molar-refractivity contribution in [1.29, 1.82) is 5.41 Å². The maximum atomic E-state index is 15.6. The van der Waals surface area contributed by atoms with E-state index in [0.717, 1.165) is 11.0 Å². The minimum Gasteiger partial charge on any atom is -0.493 e. The van der Waals surface area contributed by atoms with Crippen molar-refractivity contribution in [1.82, 2.24) is 4.98 Å². The number of pyridine rings is 1. The van der Waals surface area contributed by atoms with Gasteiger partial charge in [0.25, 0.3) is 0 Å². The van der Waals surface area contributed by atoms with E-state index >= 15 is 8.78 Å². The Labute approximate surface area is 237 Å². The van der Waals surface area contributed by atoms with Crippen LogP contribution in [0.15, 0.2) is 42.5 Å². The summed E-state index contributed by atoms with van der Waals surface area (Å²) >= 11 is 0. The van der Waals surface area contributed by atoms with Crippen LogP contribution in [-0.2, 0) is 13.1 Å². The van der Waals surface area contributed by atoms with Gasteiger partial charge >= 0.3 is 6.03 Å². The number of hydrogen-bond donors (Lipinski definition) is 1. The summed E-state index contributed by atoms with van der Waals surface area (Å²) in [5.41, 5.74) is 2.54. The van der Waals surface area contributed by atoms with E-state index in [9.17, 15) is 4.79 Å². The number of carbonyl (C=O) groups excluding carboxylic acids is 1. The number of amides is 2. The van der Waals surface area contributed by atoms with Gasteiger partial charge in [-0.25, -0.2) is 13.6 Å². The molecular weight excluding hydrogens is 533 g/mol. The van der Waals surface area contributed by atoms with Gasteiger partial charge in [-0.1, -0.05) is 12.9 Å². The fraction of sp³-hybridized carbons (Fsp3) is 0.276. The van der Waals surface area contributed by atoms with E-state index in [1.54, 1.807) is 50.6 Å². The van der Waals surface area contributed by atoms with Crippen LogP contribution in [-0.4, -0.2) is 51.4 Å². The summed E-state index contributed by atoms with van der Waals surface area (Å²) in [5.74, 6) is 0.309. The summed E-state index contributed by atoms with van der Waals surface area (Å²) in [7, 11) is 4.29. The van der Waals surface area contributed by atoms with Crippen LogP contribution >= 0.6 is 0 Å². The third kappa shape index (κ3) is 5.17. The van der Waals surface area contributed by atoms with Crippen LogP contribution < -0.4 is 28.7 Å². The number of ether oxygens (including phenoxy) is 4. The normalized spacial score (nSPS) is 14.5. The van der Waals surface area contributed by atoms with Crippen molar-refractivity contribution in [3.63, 3.8) is 0 Å². The average Bonchev–Trinajstić information content (AvgIpc) is 2.97. The van der Waals surface area contributed by atoms with Crippen LogP contribution in [0.1, 0.15) is 23.7 Å². The molecule has 211 valence electrons. The zero-order valence-electron chi connectivity index (χ0n) is 23.1. The van der Waals surface area contributed by atoms with E-state index in [-0.39, 0.29) is 24.6 Å². The number of anilines is 2. The molecular formula is C29H28BF2N4O5. The first-order chi connectivity index (χ1) is 19.8. The second-order valence-corrected chi connectivity index (χ2v) is 9.43. The summed E-state index contributed by atoms with van der Waals surface area (Å²) in [4.78, 5) is 21.1. The van der Waals surface area contributed by atoms with Crippen molar-refractivity contribution >= 4 is 36.0 Å². The number of methoxy groups -OCH3 is 2. The van der Waals surface area contributed by atoms with Crippen LogP contribution in [0.4, 0.5) is 25.0 Å². The highest BCUT2D eigenvalue weighted by Crippen LogP contribution is 2.42. The molecule has 0 aliphatic carbocycles. The second-order valence-electron chi connectivity index (χ2n) is 9.43. The SMILES string of the molecule is C[B]/C=C(\C(C)=N)c1cc2c(cn1)CN(c1c(F)c(OC)cc(OC)c1F)C(=O)N2Cc1ccc2c(c1)OCCO2. The number of aromatic nitrogens is 1. The Balaban J connectivity index is 1.65. The van der Waals surface area contributed by atoms with Crippen LogP contribution in [0.3, 0.4) is 0 Å². The van der Waals surface area contributed by atoms with Crippen molar-refractivity contribution < 1.29 is 32.5 Å². The number of benzene rings is 2. The smallest absolute Gasteiger partial charge is 0.329 e. The summed E-state index contributed by atoms with van der Waals surface area (Å²) < 4.78 is 52.7. The first kappa shape index (κ1) is 27.9. The molecule has 0 unspecified atom stereocenters. The monoisotopic (exact) mass is 561 g/mol. The standard InChI is InChI=1S/C29H28BF2N4O5/c1-16(33)19(12-30-2)20-10-21-18(13-34-20)15-36(28-26(31)24(38-3)11-25(39-4)27(28)32)29(37)35(21)14-17-5-6-22-23(9-17)41-8-7-40-22/h5-6,9-13,33H,7-8,14-15H2,1-4H3/b19-12+,33-16?. The topological polar surface area (TPSA) is 97.2 Å². The molecule has 0 fully saturated rings. The third-order valence-electron chi connectivity index (χ3n) is 6.82. The lowest BCUT2D eigenvalue weighted by Gasteiger charge is -2.37. The zero-order valence-corrected chi connectivity index (χ0v) is 23.1. The molecule has 0 spiro atoms. The number of halogens is 2. The van der Waals surface area contributed by atoms with E-state index in [1.807, 2.05) is 6.82 Å². The highest BCUT2D eigenvalue weighted by Gasteiger charge is 2.37. The molecule has 9 nitrogen and oxygen atoms in total. The van der Waals surface area contributed by atoms with Gasteiger partial charge < -0.3 is 24.4 Å². The molecule has 2 aromatic carbocycles.